The first-order chi connectivity index (χ1) is 14.0. The van der Waals surface area contributed by atoms with E-state index in [0.717, 1.165) is 5.56 Å². The van der Waals surface area contributed by atoms with E-state index in [4.69, 9.17) is 11.6 Å². The van der Waals surface area contributed by atoms with E-state index in [-0.39, 0.29) is 23.6 Å². The van der Waals surface area contributed by atoms with Gasteiger partial charge in [0.1, 0.15) is 11.7 Å². The fraction of sp³-hybridized carbons (Fsp3) is 0.0476. The Balaban J connectivity index is 1.94. The van der Waals surface area contributed by atoms with Crippen molar-refractivity contribution in [1.82, 2.24) is 9.38 Å². The second kappa shape index (κ2) is 7.37. The molecule has 29 heavy (non-hydrogen) atoms. The van der Waals surface area contributed by atoms with Crippen LogP contribution in [0.3, 0.4) is 0 Å². The number of halogens is 1. The number of carbonyl (C=O) groups excluding carboxylic acids is 1. The van der Waals surface area contributed by atoms with Crippen molar-refractivity contribution < 1.29 is 19.6 Å². The van der Waals surface area contributed by atoms with E-state index in [2.05, 4.69) is 4.98 Å². The number of benzene rings is 1. The third kappa shape index (κ3) is 3.43. The quantitative estimate of drug-likeness (QED) is 0.407. The van der Waals surface area contributed by atoms with E-state index < -0.39 is 11.5 Å². The van der Waals surface area contributed by atoms with Crippen LogP contribution in [0.2, 0.25) is 5.15 Å². The lowest BCUT2D eigenvalue weighted by Crippen LogP contribution is -2.41. The predicted octanol–water partition coefficient (Wildman–Crippen LogP) is 1.42. The fourth-order valence-electron chi connectivity index (χ4n) is 3.15. The molecule has 0 aliphatic carbocycles. The Hall–Kier alpha value is -3.71. The van der Waals surface area contributed by atoms with Crippen molar-refractivity contribution in [3.63, 3.8) is 0 Å². The molecule has 4 aromatic rings. The van der Waals surface area contributed by atoms with Gasteiger partial charge in [0.15, 0.2) is 5.56 Å². The fourth-order valence-corrected chi connectivity index (χ4v) is 3.26. The number of aromatic carboxylic acids is 1. The highest BCUT2D eigenvalue weighted by Gasteiger charge is 2.25. The van der Waals surface area contributed by atoms with Crippen LogP contribution in [0.5, 0.6) is 5.88 Å². The third-order valence-corrected chi connectivity index (χ3v) is 4.79. The van der Waals surface area contributed by atoms with Gasteiger partial charge in [0.25, 0.3) is 11.5 Å². The van der Waals surface area contributed by atoms with E-state index in [1.54, 1.807) is 47.3 Å². The van der Waals surface area contributed by atoms with Gasteiger partial charge in [-0.25, -0.2) is 9.78 Å². The van der Waals surface area contributed by atoms with Crippen LogP contribution in [-0.2, 0) is 6.54 Å². The maximum atomic E-state index is 13.0. The molecule has 8 heteroatoms. The molecule has 0 aliphatic heterocycles. The van der Waals surface area contributed by atoms with Gasteiger partial charge in [0.2, 0.25) is 0 Å². The van der Waals surface area contributed by atoms with Crippen LogP contribution in [0.25, 0.3) is 16.8 Å². The van der Waals surface area contributed by atoms with Gasteiger partial charge in [-0.2, -0.15) is 8.97 Å². The number of aromatic hydroxyl groups is 1. The van der Waals surface area contributed by atoms with Gasteiger partial charge >= 0.3 is 5.56 Å². The van der Waals surface area contributed by atoms with E-state index in [1.807, 2.05) is 0 Å². The number of pyridine rings is 2. The molecule has 0 saturated carbocycles. The van der Waals surface area contributed by atoms with E-state index in [0.29, 0.717) is 16.4 Å². The normalized spacial score (nSPS) is 10.9. The number of hydrogen-bond acceptors (Lipinski definition) is 5. The van der Waals surface area contributed by atoms with Crippen LogP contribution in [0.15, 0.2) is 71.8 Å². The Labute approximate surface area is 169 Å². The van der Waals surface area contributed by atoms with Crippen molar-refractivity contribution in [3.05, 3.63) is 93.6 Å². The highest BCUT2D eigenvalue weighted by Crippen LogP contribution is 2.24. The minimum Gasteiger partial charge on any atom is -0.545 e. The summed E-state index contributed by atoms with van der Waals surface area (Å²) in [6.45, 7) is 0.244. The summed E-state index contributed by atoms with van der Waals surface area (Å²) >= 11 is 5.84. The van der Waals surface area contributed by atoms with Crippen molar-refractivity contribution in [1.29, 1.82) is 0 Å². The molecule has 0 bridgehead atoms. The molecule has 7 nitrogen and oxygen atoms in total. The summed E-state index contributed by atoms with van der Waals surface area (Å²) in [5.41, 5.74) is 1.26. The lowest BCUT2D eigenvalue weighted by atomic mass is 10.1. The molecule has 0 saturated heterocycles. The highest BCUT2D eigenvalue weighted by atomic mass is 35.5. The topological polar surface area (TPSA) is 98.6 Å². The molecule has 0 fully saturated rings. The molecule has 0 amide bonds. The Bertz CT molecular complexity index is 1280. The molecule has 0 aliphatic rings. The van der Waals surface area contributed by atoms with Gasteiger partial charge in [0, 0.05) is 17.8 Å². The first-order valence-electron chi connectivity index (χ1n) is 8.64. The van der Waals surface area contributed by atoms with Crippen LogP contribution in [0.4, 0.5) is 0 Å². The smallest absolute Gasteiger partial charge is 0.354 e. The van der Waals surface area contributed by atoms with Gasteiger partial charge in [0.05, 0.1) is 12.2 Å². The Morgan fingerprint density at radius 3 is 2.55 bits per heavy atom. The molecule has 3 heterocycles. The summed E-state index contributed by atoms with van der Waals surface area (Å²) < 4.78 is 3.00. The molecule has 4 rings (SSSR count). The van der Waals surface area contributed by atoms with E-state index >= 15 is 0 Å². The van der Waals surface area contributed by atoms with E-state index in [1.165, 1.54) is 28.7 Å². The van der Waals surface area contributed by atoms with Crippen LogP contribution in [0, 0.1) is 0 Å². The summed E-state index contributed by atoms with van der Waals surface area (Å²) in [6.07, 6.45) is 3.19. The maximum Gasteiger partial charge on any atom is 0.354 e. The second-order valence-corrected chi connectivity index (χ2v) is 6.76. The van der Waals surface area contributed by atoms with Crippen molar-refractivity contribution in [2.24, 2.45) is 0 Å². The van der Waals surface area contributed by atoms with Crippen LogP contribution < -0.4 is 15.2 Å². The number of carboxylic acids is 1. The third-order valence-electron chi connectivity index (χ3n) is 4.57. The Kier molecular flexibility index (Phi) is 4.74. The lowest BCUT2D eigenvalue weighted by molar-refractivity contribution is -0.671. The Morgan fingerprint density at radius 1 is 1.14 bits per heavy atom. The summed E-state index contributed by atoms with van der Waals surface area (Å²) in [6, 6.07) is 14.2. The number of aromatic nitrogens is 3. The van der Waals surface area contributed by atoms with Crippen molar-refractivity contribution in [2.45, 2.75) is 6.54 Å². The summed E-state index contributed by atoms with van der Waals surface area (Å²) in [4.78, 5) is 28.1. The van der Waals surface area contributed by atoms with Gasteiger partial charge < -0.3 is 15.0 Å². The number of fused-ring (bicyclic) bond motifs is 1. The molecule has 0 spiro atoms. The minimum absolute atomic E-state index is 0.0192. The summed E-state index contributed by atoms with van der Waals surface area (Å²) in [5, 5.41) is 22.3. The Morgan fingerprint density at radius 2 is 1.90 bits per heavy atom. The van der Waals surface area contributed by atoms with Crippen LogP contribution in [-0.4, -0.2) is 20.5 Å². The zero-order chi connectivity index (χ0) is 20.5. The molecule has 1 N–H and O–H groups in total. The number of nitrogens with zero attached hydrogens (tertiary/aromatic N) is 3. The minimum atomic E-state index is -1.32. The van der Waals surface area contributed by atoms with E-state index in [9.17, 15) is 19.8 Å². The zero-order valence-corrected chi connectivity index (χ0v) is 15.7. The molecule has 0 radical (unpaired) electrons. The number of hydrogen-bond donors (Lipinski definition) is 1. The molecule has 3 aromatic heterocycles. The van der Waals surface area contributed by atoms with Crippen LogP contribution in [0.1, 0.15) is 15.9 Å². The molecule has 0 unspecified atom stereocenters. The molecule has 1 aromatic carbocycles. The average molecular weight is 408 g/mol. The number of carboxylic acid groups (broad SMARTS) is 1. The van der Waals surface area contributed by atoms with Gasteiger partial charge in [-0.1, -0.05) is 48.0 Å². The average Bonchev–Trinajstić information content (AvgIpc) is 2.73. The van der Waals surface area contributed by atoms with Crippen molar-refractivity contribution in [2.75, 3.05) is 0 Å². The molecule has 0 atom stereocenters. The SMILES string of the molecule is O=C([O-])c1ccc(-c2c(O)[n+](Cc3ccc(Cl)nc3)c3ccccn3c2=O)cc1. The summed E-state index contributed by atoms with van der Waals surface area (Å²) in [7, 11) is 0. The van der Waals surface area contributed by atoms with Crippen molar-refractivity contribution >= 4 is 23.2 Å². The molecular weight excluding hydrogens is 394 g/mol. The lowest BCUT2D eigenvalue weighted by Gasteiger charge is -2.11. The number of carbonyl (C=O) groups is 1. The maximum absolute atomic E-state index is 13.0. The van der Waals surface area contributed by atoms with Gasteiger partial charge in [-0.05, 0) is 23.3 Å². The van der Waals surface area contributed by atoms with Gasteiger partial charge in [-0.15, -0.1) is 0 Å². The summed E-state index contributed by atoms with van der Waals surface area (Å²) in [5.74, 6) is -1.56. The molecule has 144 valence electrons. The largest absolute Gasteiger partial charge is 0.545 e. The monoisotopic (exact) mass is 407 g/mol. The van der Waals surface area contributed by atoms with Gasteiger partial charge in [-0.3, -0.25) is 0 Å². The predicted molar refractivity (Wildman–Crippen MR) is 104 cm³/mol. The first-order valence-corrected chi connectivity index (χ1v) is 9.02. The first kappa shape index (κ1) is 18.6. The number of rotatable bonds is 4. The van der Waals surface area contributed by atoms with Crippen molar-refractivity contribution in [3.8, 4) is 17.0 Å². The van der Waals surface area contributed by atoms with Crippen LogP contribution >= 0.6 is 11.6 Å². The standard InChI is InChI=1S/C21H14ClN3O4/c22-16-9-4-13(11-23-16)12-25-17-3-1-2-10-24(17)19(26)18(20(25)27)14-5-7-15(8-6-14)21(28)29/h1-11H,12H2,(H-,26,27,28,29). The highest BCUT2D eigenvalue weighted by molar-refractivity contribution is 6.29. The zero-order valence-electron chi connectivity index (χ0n) is 14.9. The molecular formula is C21H14ClN3O4. The second-order valence-electron chi connectivity index (χ2n) is 6.37.